The molecule has 2 saturated carbocycles. The highest BCUT2D eigenvalue weighted by Crippen LogP contribution is 2.65. The molecule has 0 amide bonds. The first-order valence-corrected chi connectivity index (χ1v) is 16.0. The van der Waals surface area contributed by atoms with E-state index in [4.69, 9.17) is 0 Å². The summed E-state index contributed by atoms with van der Waals surface area (Å²) >= 11 is 4.89. The van der Waals surface area contributed by atoms with Crippen LogP contribution in [0.4, 0.5) is 0 Å². The summed E-state index contributed by atoms with van der Waals surface area (Å²) in [4.78, 5) is 0. The van der Waals surface area contributed by atoms with Gasteiger partial charge in [-0.25, -0.2) is 0 Å². The maximum Gasteiger partial charge on any atom is 0.0130 e. The second kappa shape index (κ2) is 10.1. The molecule has 194 valence electrons. The summed E-state index contributed by atoms with van der Waals surface area (Å²) in [6.07, 6.45) is 6.04. The Morgan fingerprint density at radius 1 is 0.526 bits per heavy atom. The van der Waals surface area contributed by atoms with Gasteiger partial charge >= 0.3 is 0 Å². The molecule has 0 aliphatic heterocycles. The van der Waals surface area contributed by atoms with E-state index in [1.165, 1.54) is 72.6 Å². The Hall–Kier alpha value is -1.66. The summed E-state index contributed by atoms with van der Waals surface area (Å²) in [7, 11) is 0. The molecule has 4 atom stereocenters. The van der Waals surface area contributed by atoms with Crippen LogP contribution < -0.4 is 0 Å². The van der Waals surface area contributed by atoms with Gasteiger partial charge in [-0.15, -0.1) is 0 Å². The van der Waals surface area contributed by atoms with Crippen LogP contribution in [0, 0.1) is 21.0 Å². The molecular formula is C36H36I2. The van der Waals surface area contributed by atoms with Crippen LogP contribution in [0.3, 0.4) is 0 Å². The van der Waals surface area contributed by atoms with Crippen molar-refractivity contribution in [3.63, 3.8) is 0 Å². The normalized spacial score (nSPS) is 28.7. The molecule has 0 nitrogen and oxygen atoms in total. The molecule has 4 aromatic rings. The number of benzene rings is 4. The van der Waals surface area contributed by atoms with Gasteiger partial charge in [-0.05, 0) is 160 Å². The molecule has 2 heteroatoms. The first-order chi connectivity index (χ1) is 18.2. The van der Waals surface area contributed by atoms with E-state index in [1.54, 1.807) is 0 Å². The molecule has 4 unspecified atom stereocenters. The number of hydrogen-bond donors (Lipinski definition) is 0. The van der Waals surface area contributed by atoms with E-state index < -0.39 is 0 Å². The maximum absolute atomic E-state index is 2.56. The zero-order chi connectivity index (χ0) is 26.5. The summed E-state index contributed by atoms with van der Waals surface area (Å²) in [5, 5.41) is 0. The molecular weight excluding hydrogens is 686 g/mol. The Morgan fingerprint density at radius 2 is 0.921 bits per heavy atom. The second-order valence-electron chi connectivity index (χ2n) is 12.5. The van der Waals surface area contributed by atoms with Crippen molar-refractivity contribution < 1.29 is 0 Å². The number of halogens is 2. The Bertz CT molecular complexity index is 1350. The van der Waals surface area contributed by atoms with Crippen LogP contribution in [-0.4, -0.2) is 0 Å². The van der Waals surface area contributed by atoms with Gasteiger partial charge in [0, 0.05) is 7.14 Å². The Balaban J connectivity index is 1.57. The lowest BCUT2D eigenvalue weighted by atomic mass is 9.42. The number of hydrogen-bond acceptors (Lipinski definition) is 0. The van der Waals surface area contributed by atoms with Crippen LogP contribution in [0.1, 0.15) is 78.3 Å². The Labute approximate surface area is 255 Å². The zero-order valence-corrected chi connectivity index (χ0v) is 26.9. The fraction of sp³-hybridized carbons (Fsp3) is 0.333. The predicted molar refractivity (Wildman–Crippen MR) is 177 cm³/mol. The summed E-state index contributed by atoms with van der Waals surface area (Å²) in [6.45, 7) is 6.98. The van der Waals surface area contributed by atoms with E-state index in [-0.39, 0.29) is 16.2 Å². The molecule has 2 fully saturated rings. The molecule has 0 N–H and O–H groups in total. The van der Waals surface area contributed by atoms with E-state index in [1.807, 2.05) is 0 Å². The van der Waals surface area contributed by atoms with Crippen LogP contribution in [0.2, 0.25) is 0 Å². The molecule has 2 bridgehead atoms. The summed E-state index contributed by atoms with van der Waals surface area (Å²) in [6, 6.07) is 38.0. The molecule has 2 aliphatic carbocycles. The lowest BCUT2D eigenvalue weighted by molar-refractivity contribution is 0.0463. The topological polar surface area (TPSA) is 0 Å². The first kappa shape index (κ1) is 26.6. The third kappa shape index (κ3) is 4.89. The largest absolute Gasteiger partial charge is 0.0590 e. The van der Waals surface area contributed by atoms with Crippen molar-refractivity contribution in [2.24, 2.45) is 0 Å². The molecule has 38 heavy (non-hydrogen) atoms. The van der Waals surface area contributed by atoms with Crippen molar-refractivity contribution in [3.05, 3.63) is 138 Å². The average molecular weight is 722 g/mol. The highest BCUT2D eigenvalue weighted by molar-refractivity contribution is 14.1. The van der Waals surface area contributed by atoms with Crippen LogP contribution in [0.5, 0.6) is 0 Å². The fourth-order valence-electron chi connectivity index (χ4n) is 8.12. The molecule has 0 spiro atoms. The average Bonchev–Trinajstić information content (AvgIpc) is 2.89. The Kier molecular flexibility index (Phi) is 7.04. The summed E-state index contributed by atoms with van der Waals surface area (Å²) in [5.74, 6) is 0.545. The van der Waals surface area contributed by atoms with E-state index >= 15 is 0 Å². The minimum atomic E-state index is 0.108. The molecule has 0 heterocycles. The van der Waals surface area contributed by atoms with Crippen molar-refractivity contribution in [1.82, 2.24) is 0 Å². The summed E-state index contributed by atoms with van der Waals surface area (Å²) < 4.78 is 2.63. The Morgan fingerprint density at radius 3 is 1.39 bits per heavy atom. The number of aryl methyl sites for hydroxylation is 2. The van der Waals surface area contributed by atoms with Crippen molar-refractivity contribution in [2.75, 3.05) is 0 Å². The van der Waals surface area contributed by atoms with E-state index in [0.29, 0.717) is 5.92 Å². The number of fused-ring (bicyclic) bond motifs is 2. The minimum Gasteiger partial charge on any atom is -0.0590 e. The molecule has 0 saturated heterocycles. The highest BCUT2D eigenvalue weighted by Gasteiger charge is 2.58. The van der Waals surface area contributed by atoms with Gasteiger partial charge in [-0.1, -0.05) is 90.8 Å². The van der Waals surface area contributed by atoms with Gasteiger partial charge in [0.15, 0.2) is 0 Å². The van der Waals surface area contributed by atoms with Gasteiger partial charge < -0.3 is 0 Å². The van der Waals surface area contributed by atoms with E-state index in [9.17, 15) is 0 Å². The summed E-state index contributed by atoms with van der Waals surface area (Å²) in [5.41, 5.74) is 9.12. The van der Waals surface area contributed by atoms with Crippen LogP contribution in [0.15, 0.2) is 97.1 Å². The fourth-order valence-corrected chi connectivity index (χ4v) is 8.84. The van der Waals surface area contributed by atoms with E-state index in [0.717, 1.165) is 0 Å². The molecule has 0 aromatic heterocycles. The SMILES string of the molecule is Cc1ccc(C2(C)CC3(c4ccc(C)cc4)CC(c4ccc(I)cc4)CC(c4ccc(I)cc4)(C2)C3)cc1. The monoisotopic (exact) mass is 722 g/mol. The smallest absolute Gasteiger partial charge is 0.0130 e. The van der Waals surface area contributed by atoms with E-state index in [2.05, 4.69) is 163 Å². The molecule has 2 aliphatic rings. The highest BCUT2D eigenvalue weighted by atomic mass is 127. The predicted octanol–water partition coefficient (Wildman–Crippen LogP) is 10.4. The van der Waals surface area contributed by atoms with Crippen molar-refractivity contribution >= 4 is 45.2 Å². The quantitative estimate of drug-likeness (QED) is 0.184. The first-order valence-electron chi connectivity index (χ1n) is 13.8. The van der Waals surface area contributed by atoms with Gasteiger partial charge in [0.05, 0.1) is 0 Å². The van der Waals surface area contributed by atoms with Crippen molar-refractivity contribution in [2.45, 2.75) is 75.0 Å². The zero-order valence-electron chi connectivity index (χ0n) is 22.6. The van der Waals surface area contributed by atoms with Crippen molar-refractivity contribution in [3.8, 4) is 0 Å². The lowest BCUT2D eigenvalue weighted by Gasteiger charge is -2.61. The van der Waals surface area contributed by atoms with Crippen LogP contribution >= 0.6 is 45.2 Å². The maximum atomic E-state index is 2.56. The molecule has 6 rings (SSSR count). The van der Waals surface area contributed by atoms with Gasteiger partial charge in [-0.3, -0.25) is 0 Å². The third-order valence-corrected chi connectivity index (χ3v) is 11.1. The van der Waals surface area contributed by atoms with Crippen LogP contribution in [0.25, 0.3) is 0 Å². The van der Waals surface area contributed by atoms with Gasteiger partial charge in [-0.2, -0.15) is 0 Å². The van der Waals surface area contributed by atoms with Gasteiger partial charge in [0.2, 0.25) is 0 Å². The van der Waals surface area contributed by atoms with Gasteiger partial charge in [0.25, 0.3) is 0 Å². The molecule has 0 radical (unpaired) electrons. The number of rotatable bonds is 4. The standard InChI is InChI=1S/C36H36I2/c1-25-4-10-29(11-5-25)34(3)22-35(30-12-6-26(2)7-13-30)20-28(27-8-16-32(37)17-9-27)21-36(23-34,24-35)31-14-18-33(38)19-15-31/h4-19,28H,20-24H2,1-3H3. The molecule has 4 aromatic carbocycles. The van der Waals surface area contributed by atoms with Crippen molar-refractivity contribution in [1.29, 1.82) is 0 Å². The van der Waals surface area contributed by atoms with Crippen LogP contribution in [-0.2, 0) is 16.2 Å². The minimum absolute atomic E-state index is 0.108. The van der Waals surface area contributed by atoms with Gasteiger partial charge in [0.1, 0.15) is 0 Å². The second-order valence-corrected chi connectivity index (χ2v) is 15.0. The lowest BCUT2D eigenvalue weighted by Crippen LogP contribution is -2.55. The third-order valence-electron chi connectivity index (χ3n) is 9.62.